The SMILES string of the molecule is Cc1ccc(S(OS(=O)(=O)c2cc(C(F)(F)F)cc(C(F)(F)F)c2)(c2ccc(C)cc2)c2ccc(C)cc2)cc1. The van der Waals surface area contributed by atoms with E-state index < -0.39 is 48.8 Å². The van der Waals surface area contributed by atoms with E-state index in [9.17, 15) is 34.8 Å². The second-order valence-electron chi connectivity index (χ2n) is 9.26. The van der Waals surface area contributed by atoms with Gasteiger partial charge in [-0.05, 0) is 85.7 Å². The second-order valence-corrected chi connectivity index (χ2v) is 13.7. The monoisotopic (exact) mass is 598 g/mol. The van der Waals surface area contributed by atoms with Crippen LogP contribution < -0.4 is 0 Å². The Kier molecular flexibility index (Phi) is 7.87. The lowest BCUT2D eigenvalue weighted by Gasteiger charge is -2.39. The maximum absolute atomic E-state index is 13.8. The fourth-order valence-corrected chi connectivity index (χ4v) is 9.21. The van der Waals surface area contributed by atoms with Crippen molar-refractivity contribution in [2.45, 2.75) is 52.7 Å². The molecule has 0 heterocycles. The number of alkyl halides is 6. The van der Waals surface area contributed by atoms with Crippen molar-refractivity contribution in [2.24, 2.45) is 0 Å². The molecule has 0 amide bonds. The largest absolute Gasteiger partial charge is 0.416 e. The van der Waals surface area contributed by atoms with E-state index in [4.69, 9.17) is 3.63 Å². The Hall–Kier alpha value is -3.28. The molecule has 0 unspecified atom stereocenters. The summed E-state index contributed by atoms with van der Waals surface area (Å²) in [5, 5.41) is 0. The molecule has 0 radical (unpaired) electrons. The van der Waals surface area contributed by atoms with Crippen LogP contribution in [0.1, 0.15) is 27.8 Å². The first-order chi connectivity index (χ1) is 18.5. The van der Waals surface area contributed by atoms with Crippen LogP contribution in [0.5, 0.6) is 0 Å². The summed E-state index contributed by atoms with van der Waals surface area (Å²) >= 11 is 0. The summed E-state index contributed by atoms with van der Waals surface area (Å²) in [5.74, 6) is 0. The molecular formula is C29H24F6O3S2. The molecule has 0 saturated carbocycles. The van der Waals surface area contributed by atoms with Gasteiger partial charge in [-0.25, -0.2) is 3.63 Å². The highest BCUT2D eigenvalue weighted by atomic mass is 32.3. The normalized spacial score (nSPS) is 13.3. The van der Waals surface area contributed by atoms with Crippen molar-refractivity contribution >= 4 is 20.4 Å². The van der Waals surface area contributed by atoms with Crippen LogP contribution in [0.25, 0.3) is 0 Å². The Morgan fingerprint density at radius 1 is 0.500 bits per heavy atom. The number of benzene rings is 4. The molecule has 0 fully saturated rings. The minimum Gasteiger partial charge on any atom is -0.203 e. The van der Waals surface area contributed by atoms with Gasteiger partial charge in [-0.15, -0.1) is 0 Å². The van der Waals surface area contributed by atoms with Crippen molar-refractivity contribution in [3.8, 4) is 0 Å². The van der Waals surface area contributed by atoms with Gasteiger partial charge in [-0.2, -0.15) is 34.8 Å². The third kappa shape index (κ3) is 6.06. The molecule has 0 aliphatic rings. The highest BCUT2D eigenvalue weighted by Crippen LogP contribution is 2.70. The summed E-state index contributed by atoms with van der Waals surface area (Å²) in [7, 11) is -8.46. The smallest absolute Gasteiger partial charge is 0.203 e. The molecule has 0 aliphatic heterocycles. The van der Waals surface area contributed by atoms with Crippen LogP contribution in [0, 0.1) is 20.8 Å². The first-order valence-electron chi connectivity index (χ1n) is 11.8. The van der Waals surface area contributed by atoms with Crippen molar-refractivity contribution in [3.63, 3.8) is 0 Å². The second kappa shape index (κ2) is 10.6. The lowest BCUT2D eigenvalue weighted by Crippen LogP contribution is -2.17. The van der Waals surface area contributed by atoms with Gasteiger partial charge in [-0.3, -0.25) is 0 Å². The van der Waals surface area contributed by atoms with E-state index >= 15 is 0 Å². The molecule has 212 valence electrons. The number of hydrogen-bond donors (Lipinski definition) is 0. The van der Waals surface area contributed by atoms with Crippen LogP contribution >= 0.6 is 10.3 Å². The molecular weight excluding hydrogens is 574 g/mol. The average Bonchev–Trinajstić information content (AvgIpc) is 2.87. The summed E-state index contributed by atoms with van der Waals surface area (Å²) < 4.78 is 115. The van der Waals surface area contributed by atoms with Crippen molar-refractivity contribution in [1.82, 2.24) is 0 Å². The van der Waals surface area contributed by atoms with E-state index in [0.29, 0.717) is 14.7 Å². The van der Waals surface area contributed by atoms with Crippen molar-refractivity contribution < 1.29 is 38.4 Å². The summed E-state index contributed by atoms with van der Waals surface area (Å²) in [6, 6.07) is 20.4. The molecule has 0 spiro atoms. The Morgan fingerprint density at radius 2 is 0.800 bits per heavy atom. The lowest BCUT2D eigenvalue weighted by molar-refractivity contribution is -0.143. The molecule has 0 bridgehead atoms. The van der Waals surface area contributed by atoms with Gasteiger partial charge in [-0.1, -0.05) is 53.1 Å². The first kappa shape index (κ1) is 29.7. The Morgan fingerprint density at radius 3 is 1.07 bits per heavy atom. The molecule has 4 rings (SSSR count). The van der Waals surface area contributed by atoms with E-state index in [0.717, 1.165) is 16.7 Å². The van der Waals surface area contributed by atoms with E-state index in [-0.39, 0.29) is 18.2 Å². The van der Waals surface area contributed by atoms with Crippen LogP contribution in [0.4, 0.5) is 26.3 Å². The van der Waals surface area contributed by atoms with Gasteiger partial charge < -0.3 is 0 Å². The zero-order chi connectivity index (χ0) is 29.5. The van der Waals surface area contributed by atoms with Gasteiger partial charge in [0.25, 0.3) is 0 Å². The predicted octanol–water partition coefficient (Wildman–Crippen LogP) is 9.25. The molecule has 0 N–H and O–H groups in total. The Balaban J connectivity index is 2.05. The van der Waals surface area contributed by atoms with Crippen LogP contribution in [-0.4, -0.2) is 8.42 Å². The first-order valence-corrected chi connectivity index (χ1v) is 14.8. The van der Waals surface area contributed by atoms with E-state index in [1.54, 1.807) is 72.8 Å². The maximum Gasteiger partial charge on any atom is 0.416 e. The molecule has 4 aromatic rings. The molecule has 0 aliphatic carbocycles. The standard InChI is InChI=1S/C29H24F6O3S2/c1-19-4-10-24(11-5-19)39(25-12-6-20(2)7-13-25,26-14-8-21(3)9-15-26)38-40(36,37)27-17-22(28(30,31)32)16-23(18-27)29(33,34)35/h4-18H,1-3H3. The highest BCUT2D eigenvalue weighted by Gasteiger charge is 2.42. The summed E-state index contributed by atoms with van der Waals surface area (Å²) in [4.78, 5) is -0.0925. The average molecular weight is 599 g/mol. The van der Waals surface area contributed by atoms with Crippen LogP contribution in [0.2, 0.25) is 0 Å². The van der Waals surface area contributed by atoms with Crippen molar-refractivity contribution in [2.75, 3.05) is 0 Å². The molecule has 0 saturated heterocycles. The van der Waals surface area contributed by atoms with Gasteiger partial charge in [0.15, 0.2) is 0 Å². The van der Waals surface area contributed by atoms with Gasteiger partial charge in [0, 0.05) is 14.7 Å². The molecule has 0 atom stereocenters. The minimum atomic E-state index is -5.24. The lowest BCUT2D eigenvalue weighted by atomic mass is 10.1. The number of aryl methyl sites for hydroxylation is 3. The van der Waals surface area contributed by atoms with E-state index in [2.05, 4.69) is 0 Å². The molecule has 11 heteroatoms. The predicted molar refractivity (Wildman–Crippen MR) is 141 cm³/mol. The molecule has 4 aromatic carbocycles. The van der Waals surface area contributed by atoms with Gasteiger partial charge in [0.2, 0.25) is 0 Å². The van der Waals surface area contributed by atoms with E-state index in [1.165, 1.54) is 0 Å². The van der Waals surface area contributed by atoms with E-state index in [1.807, 2.05) is 20.8 Å². The van der Waals surface area contributed by atoms with Crippen LogP contribution in [0.3, 0.4) is 0 Å². The third-order valence-electron chi connectivity index (χ3n) is 6.10. The summed E-state index contributed by atoms with van der Waals surface area (Å²) in [5.41, 5.74) is -0.974. The topological polar surface area (TPSA) is 43.4 Å². The Labute approximate surface area is 230 Å². The summed E-state index contributed by atoms with van der Waals surface area (Å²) in [6.45, 7) is 5.45. The fraction of sp³-hybridized carbons (Fsp3) is 0.172. The van der Waals surface area contributed by atoms with Gasteiger partial charge in [0.1, 0.15) is 0 Å². The van der Waals surface area contributed by atoms with Crippen molar-refractivity contribution in [3.05, 3.63) is 119 Å². The van der Waals surface area contributed by atoms with Crippen LogP contribution in [-0.2, 0) is 26.1 Å². The minimum absolute atomic E-state index is 0.126. The number of halogens is 6. The third-order valence-corrected chi connectivity index (χ3v) is 11.3. The zero-order valence-corrected chi connectivity index (χ0v) is 23.1. The number of hydrogen-bond acceptors (Lipinski definition) is 3. The summed E-state index contributed by atoms with van der Waals surface area (Å²) in [6.07, 6.45) is -10.5. The Bertz CT molecular complexity index is 1470. The molecule has 0 aromatic heterocycles. The van der Waals surface area contributed by atoms with Gasteiger partial charge in [0.05, 0.1) is 16.0 Å². The molecule has 40 heavy (non-hydrogen) atoms. The highest BCUT2D eigenvalue weighted by molar-refractivity contribution is 8.33. The quantitative estimate of drug-likeness (QED) is 0.208. The van der Waals surface area contributed by atoms with Crippen LogP contribution in [0.15, 0.2) is 111 Å². The molecule has 3 nitrogen and oxygen atoms in total. The number of rotatable bonds is 6. The van der Waals surface area contributed by atoms with Crippen molar-refractivity contribution in [1.29, 1.82) is 0 Å². The van der Waals surface area contributed by atoms with Gasteiger partial charge >= 0.3 is 22.5 Å². The fourth-order valence-electron chi connectivity index (χ4n) is 3.96. The maximum atomic E-state index is 13.8. The zero-order valence-electron chi connectivity index (χ0n) is 21.5.